The Morgan fingerprint density at radius 3 is 2.94 bits per heavy atom. The van der Waals surface area contributed by atoms with E-state index < -0.39 is 0 Å². The molecule has 1 saturated heterocycles. The van der Waals surface area contributed by atoms with Gasteiger partial charge in [-0.2, -0.15) is 0 Å². The molecular weight excluding hydrogens is 246 g/mol. The lowest BCUT2D eigenvalue weighted by atomic mass is 10.1. The quantitative estimate of drug-likeness (QED) is 0.388. The highest BCUT2D eigenvalue weighted by molar-refractivity contribution is 8.77. The maximum Gasteiger partial charge on any atom is 0.0533 e. The van der Waals surface area contributed by atoms with Crippen molar-refractivity contribution < 1.29 is 0 Å². The van der Waals surface area contributed by atoms with Gasteiger partial charge in [0.25, 0.3) is 0 Å². The fourth-order valence-electron chi connectivity index (χ4n) is 1.85. The molecule has 0 aliphatic carbocycles. The SMILES string of the molecule is C=C=C(CCCCC1CCSS1)NC(C)CC. The summed E-state index contributed by atoms with van der Waals surface area (Å²) in [5, 5.41) is 4.39. The van der Waals surface area contributed by atoms with Gasteiger partial charge in [-0.25, -0.2) is 0 Å². The van der Waals surface area contributed by atoms with Crippen molar-refractivity contribution in [3.63, 3.8) is 0 Å². The third kappa shape index (κ3) is 6.49. The Morgan fingerprint density at radius 1 is 1.53 bits per heavy atom. The van der Waals surface area contributed by atoms with Crippen molar-refractivity contribution >= 4 is 21.6 Å². The van der Waals surface area contributed by atoms with E-state index in [4.69, 9.17) is 0 Å². The second kappa shape index (κ2) is 9.02. The lowest BCUT2D eigenvalue weighted by Crippen LogP contribution is -2.24. The topological polar surface area (TPSA) is 12.0 Å². The Bertz CT molecular complexity index is 253. The highest BCUT2D eigenvalue weighted by Gasteiger charge is 2.15. The summed E-state index contributed by atoms with van der Waals surface area (Å²) >= 11 is 0. The van der Waals surface area contributed by atoms with Crippen LogP contribution in [0.3, 0.4) is 0 Å². The summed E-state index contributed by atoms with van der Waals surface area (Å²) in [6.07, 6.45) is 7.66. The number of allylic oxidation sites excluding steroid dienone is 1. The normalized spacial score (nSPS) is 20.9. The monoisotopic (exact) mass is 271 g/mol. The maximum atomic E-state index is 3.77. The molecule has 17 heavy (non-hydrogen) atoms. The van der Waals surface area contributed by atoms with Gasteiger partial charge in [0.05, 0.1) is 5.70 Å². The molecule has 2 atom stereocenters. The Morgan fingerprint density at radius 2 is 2.35 bits per heavy atom. The molecule has 1 aliphatic heterocycles. The number of hydrogen-bond acceptors (Lipinski definition) is 3. The van der Waals surface area contributed by atoms with Crippen molar-refractivity contribution in [3.8, 4) is 0 Å². The van der Waals surface area contributed by atoms with Gasteiger partial charge in [0.2, 0.25) is 0 Å². The molecule has 1 fully saturated rings. The zero-order valence-electron chi connectivity index (χ0n) is 11.1. The van der Waals surface area contributed by atoms with Crippen LogP contribution in [0.5, 0.6) is 0 Å². The van der Waals surface area contributed by atoms with E-state index >= 15 is 0 Å². The van der Waals surface area contributed by atoms with Gasteiger partial charge in [-0.1, -0.05) is 41.5 Å². The van der Waals surface area contributed by atoms with E-state index in [1.807, 2.05) is 10.8 Å². The molecule has 0 radical (unpaired) electrons. The van der Waals surface area contributed by atoms with Crippen molar-refractivity contribution in [1.82, 2.24) is 5.32 Å². The lowest BCUT2D eigenvalue weighted by Gasteiger charge is -2.15. The van der Waals surface area contributed by atoms with E-state index in [1.54, 1.807) is 0 Å². The van der Waals surface area contributed by atoms with Crippen LogP contribution >= 0.6 is 21.6 Å². The molecule has 1 N–H and O–H groups in total. The molecule has 1 aliphatic rings. The van der Waals surface area contributed by atoms with Crippen LogP contribution in [0, 0.1) is 0 Å². The fourth-order valence-corrected chi connectivity index (χ4v) is 4.88. The molecule has 1 heterocycles. The van der Waals surface area contributed by atoms with E-state index in [2.05, 4.69) is 42.3 Å². The highest BCUT2D eigenvalue weighted by Crippen LogP contribution is 2.39. The fraction of sp³-hybridized carbons (Fsp3) is 0.786. The Labute approximate surface area is 114 Å². The van der Waals surface area contributed by atoms with E-state index in [0.717, 1.165) is 18.1 Å². The van der Waals surface area contributed by atoms with Gasteiger partial charge in [-0.15, -0.1) is 5.73 Å². The predicted octanol–water partition coefficient (Wildman–Crippen LogP) is 4.76. The van der Waals surface area contributed by atoms with Crippen molar-refractivity contribution in [1.29, 1.82) is 0 Å². The van der Waals surface area contributed by atoms with Crippen LogP contribution in [-0.2, 0) is 0 Å². The highest BCUT2D eigenvalue weighted by atomic mass is 33.1. The molecule has 0 bridgehead atoms. The maximum absolute atomic E-state index is 3.77. The average Bonchev–Trinajstić information content (AvgIpc) is 2.85. The van der Waals surface area contributed by atoms with Gasteiger partial charge < -0.3 is 5.32 Å². The molecule has 0 spiro atoms. The van der Waals surface area contributed by atoms with E-state index in [9.17, 15) is 0 Å². The van der Waals surface area contributed by atoms with Crippen LogP contribution < -0.4 is 5.32 Å². The number of hydrogen-bond donors (Lipinski definition) is 1. The van der Waals surface area contributed by atoms with E-state index in [0.29, 0.717) is 6.04 Å². The minimum absolute atomic E-state index is 0.543. The summed E-state index contributed by atoms with van der Waals surface area (Å²) in [6.45, 7) is 8.19. The molecule has 98 valence electrons. The standard InChI is InChI=1S/C14H25NS2/c1-4-12(3)15-13(5-2)8-6-7-9-14-10-11-16-17-14/h12,14-15H,2,4,6-11H2,1,3H3. The first kappa shape index (κ1) is 15.1. The Balaban J connectivity index is 2.09. The second-order valence-corrected chi connectivity index (χ2v) is 7.47. The molecule has 0 saturated carbocycles. The summed E-state index contributed by atoms with van der Waals surface area (Å²) < 4.78 is 0. The summed E-state index contributed by atoms with van der Waals surface area (Å²) in [5.74, 6) is 1.35. The van der Waals surface area contributed by atoms with Crippen LogP contribution in [0.4, 0.5) is 0 Å². The third-order valence-corrected chi connectivity index (χ3v) is 6.18. The van der Waals surface area contributed by atoms with Crippen LogP contribution in [0.2, 0.25) is 0 Å². The van der Waals surface area contributed by atoms with Gasteiger partial charge in [-0.3, -0.25) is 0 Å². The largest absolute Gasteiger partial charge is 0.380 e. The first-order valence-electron chi connectivity index (χ1n) is 6.70. The van der Waals surface area contributed by atoms with Crippen LogP contribution in [0.1, 0.15) is 52.4 Å². The van der Waals surface area contributed by atoms with Crippen LogP contribution in [-0.4, -0.2) is 17.0 Å². The number of rotatable bonds is 8. The molecule has 1 rings (SSSR count). The molecule has 0 amide bonds. The van der Waals surface area contributed by atoms with Crippen molar-refractivity contribution in [3.05, 3.63) is 18.0 Å². The Hall–Kier alpha value is 0.0200. The minimum Gasteiger partial charge on any atom is -0.380 e. The van der Waals surface area contributed by atoms with Gasteiger partial charge in [-0.05, 0) is 39.0 Å². The zero-order valence-corrected chi connectivity index (χ0v) is 12.8. The Kier molecular flexibility index (Phi) is 8.00. The minimum atomic E-state index is 0.543. The third-order valence-electron chi connectivity index (χ3n) is 3.18. The molecule has 2 unspecified atom stereocenters. The summed E-state index contributed by atoms with van der Waals surface area (Å²) in [5.41, 5.74) is 4.24. The number of unbranched alkanes of at least 4 members (excludes halogenated alkanes) is 1. The van der Waals surface area contributed by atoms with Gasteiger partial charge >= 0.3 is 0 Å². The van der Waals surface area contributed by atoms with Gasteiger partial charge in [0.1, 0.15) is 0 Å². The van der Waals surface area contributed by atoms with Gasteiger partial charge in [0.15, 0.2) is 0 Å². The lowest BCUT2D eigenvalue weighted by molar-refractivity contribution is 0.561. The van der Waals surface area contributed by atoms with Crippen LogP contribution in [0.25, 0.3) is 0 Å². The first-order valence-corrected chi connectivity index (χ1v) is 9.08. The van der Waals surface area contributed by atoms with Crippen molar-refractivity contribution in [2.75, 3.05) is 5.75 Å². The molecule has 0 aromatic heterocycles. The molecule has 0 aromatic rings. The predicted molar refractivity (Wildman–Crippen MR) is 82.5 cm³/mol. The second-order valence-electron chi connectivity index (χ2n) is 4.68. The van der Waals surface area contributed by atoms with E-state index in [1.165, 1.54) is 37.1 Å². The summed E-state index contributed by atoms with van der Waals surface area (Å²) in [7, 11) is 4.13. The molecule has 3 heteroatoms. The zero-order chi connectivity index (χ0) is 12.5. The van der Waals surface area contributed by atoms with E-state index in [-0.39, 0.29) is 0 Å². The molecule has 1 nitrogen and oxygen atoms in total. The molecular formula is C14H25NS2. The number of nitrogens with one attached hydrogen (secondary N) is 1. The van der Waals surface area contributed by atoms with Crippen molar-refractivity contribution in [2.24, 2.45) is 0 Å². The molecule has 0 aromatic carbocycles. The average molecular weight is 271 g/mol. The summed E-state index contributed by atoms with van der Waals surface area (Å²) in [6, 6.07) is 0.543. The smallest absolute Gasteiger partial charge is 0.0533 e. The first-order chi connectivity index (χ1) is 8.26. The van der Waals surface area contributed by atoms with Crippen molar-refractivity contribution in [2.45, 2.75) is 63.7 Å². The van der Waals surface area contributed by atoms with Crippen LogP contribution in [0.15, 0.2) is 18.0 Å². The summed E-state index contributed by atoms with van der Waals surface area (Å²) in [4.78, 5) is 0. The van der Waals surface area contributed by atoms with Gasteiger partial charge in [0, 0.05) is 17.0 Å².